The molecule has 0 unspecified atom stereocenters. The highest BCUT2D eigenvalue weighted by Gasteiger charge is 2.51. The SMILES string of the molecule is c1ccc2c(c1)-c1ccccc1C21c2ccccc2-c2cc(-c3ccc(-c4nc5ccccc5o4)cc3)ccc21. The smallest absolute Gasteiger partial charge is 0.227 e. The molecule has 0 atom stereocenters. The normalized spacial score (nSPS) is 13.7. The first-order chi connectivity index (χ1) is 19.8. The van der Waals surface area contributed by atoms with Crippen LogP contribution in [-0.4, -0.2) is 4.98 Å². The molecule has 186 valence electrons. The standard InChI is InChI=1S/C38H23NO/c1-4-12-31-27(9-1)28-10-2-5-13-32(28)38(31)33-14-6-3-11-29(33)30-23-26(21-22-34(30)38)24-17-19-25(20-18-24)37-39-35-15-7-8-16-36(35)40-37/h1-23H. The second kappa shape index (κ2) is 7.91. The van der Waals surface area contributed by atoms with Gasteiger partial charge in [-0.1, -0.05) is 109 Å². The summed E-state index contributed by atoms with van der Waals surface area (Å²) in [5, 5.41) is 0. The van der Waals surface area contributed by atoms with E-state index in [0.717, 1.165) is 16.7 Å². The summed E-state index contributed by atoms with van der Waals surface area (Å²) in [7, 11) is 0. The molecule has 0 saturated heterocycles. The molecule has 1 heterocycles. The highest BCUT2D eigenvalue weighted by molar-refractivity contribution is 5.96. The molecular weight excluding hydrogens is 486 g/mol. The van der Waals surface area contributed by atoms with Gasteiger partial charge in [0.25, 0.3) is 0 Å². The van der Waals surface area contributed by atoms with Crippen LogP contribution in [0.2, 0.25) is 0 Å². The van der Waals surface area contributed by atoms with Gasteiger partial charge in [0.15, 0.2) is 5.58 Å². The molecule has 0 aliphatic heterocycles. The van der Waals surface area contributed by atoms with Crippen LogP contribution in [-0.2, 0) is 5.41 Å². The topological polar surface area (TPSA) is 26.0 Å². The van der Waals surface area contributed by atoms with Crippen molar-refractivity contribution in [3.8, 4) is 44.8 Å². The van der Waals surface area contributed by atoms with E-state index in [1.807, 2.05) is 24.3 Å². The summed E-state index contributed by atoms with van der Waals surface area (Å²) < 4.78 is 6.00. The van der Waals surface area contributed by atoms with Gasteiger partial charge in [-0.3, -0.25) is 0 Å². The van der Waals surface area contributed by atoms with Crippen LogP contribution in [0.25, 0.3) is 55.9 Å². The molecule has 6 aromatic carbocycles. The molecule has 2 nitrogen and oxygen atoms in total. The lowest BCUT2D eigenvalue weighted by atomic mass is 9.70. The maximum atomic E-state index is 6.00. The lowest BCUT2D eigenvalue weighted by Gasteiger charge is -2.30. The molecule has 9 rings (SSSR count). The monoisotopic (exact) mass is 509 g/mol. The van der Waals surface area contributed by atoms with Crippen molar-refractivity contribution in [2.75, 3.05) is 0 Å². The first-order valence-electron chi connectivity index (χ1n) is 13.7. The minimum absolute atomic E-state index is 0.297. The molecule has 2 aliphatic carbocycles. The minimum Gasteiger partial charge on any atom is -0.436 e. The van der Waals surface area contributed by atoms with Crippen LogP contribution < -0.4 is 0 Å². The predicted octanol–water partition coefficient (Wildman–Crippen LogP) is 9.51. The number of hydrogen-bond acceptors (Lipinski definition) is 2. The Bertz CT molecular complexity index is 2040. The van der Waals surface area contributed by atoms with Crippen molar-refractivity contribution in [1.29, 1.82) is 0 Å². The van der Waals surface area contributed by atoms with Gasteiger partial charge in [0.05, 0.1) is 5.41 Å². The number of benzene rings is 6. The van der Waals surface area contributed by atoms with Crippen molar-refractivity contribution in [1.82, 2.24) is 4.98 Å². The van der Waals surface area contributed by atoms with Crippen molar-refractivity contribution in [3.63, 3.8) is 0 Å². The minimum atomic E-state index is -0.297. The second-order valence-electron chi connectivity index (χ2n) is 10.7. The summed E-state index contributed by atoms with van der Waals surface area (Å²) in [6.07, 6.45) is 0. The van der Waals surface area contributed by atoms with Crippen LogP contribution >= 0.6 is 0 Å². The van der Waals surface area contributed by atoms with Gasteiger partial charge in [-0.15, -0.1) is 0 Å². The Labute approximate surface area is 232 Å². The van der Waals surface area contributed by atoms with E-state index in [1.54, 1.807) is 0 Å². The van der Waals surface area contributed by atoms with Gasteiger partial charge in [0.2, 0.25) is 5.89 Å². The van der Waals surface area contributed by atoms with E-state index >= 15 is 0 Å². The molecule has 0 fully saturated rings. The number of hydrogen-bond donors (Lipinski definition) is 0. The summed E-state index contributed by atoms with van der Waals surface area (Å²) in [6.45, 7) is 0. The fraction of sp³-hybridized carbons (Fsp3) is 0.0263. The van der Waals surface area contributed by atoms with Gasteiger partial charge < -0.3 is 4.42 Å². The van der Waals surface area contributed by atoms with Crippen LogP contribution in [0.5, 0.6) is 0 Å². The van der Waals surface area contributed by atoms with Crippen LogP contribution in [0.3, 0.4) is 0 Å². The van der Waals surface area contributed by atoms with Crippen molar-refractivity contribution in [2.45, 2.75) is 5.41 Å². The lowest BCUT2D eigenvalue weighted by molar-refractivity contribution is 0.620. The molecule has 0 radical (unpaired) electrons. The number of nitrogens with zero attached hydrogens (tertiary/aromatic N) is 1. The lowest BCUT2D eigenvalue weighted by Crippen LogP contribution is -2.25. The van der Waals surface area contributed by atoms with Crippen molar-refractivity contribution in [2.24, 2.45) is 0 Å². The molecular formula is C38H23NO. The maximum absolute atomic E-state index is 6.00. The summed E-state index contributed by atoms with van der Waals surface area (Å²) in [5.41, 5.74) is 15.5. The fourth-order valence-electron chi connectivity index (χ4n) is 7.08. The summed E-state index contributed by atoms with van der Waals surface area (Å²) >= 11 is 0. The number of rotatable bonds is 2. The van der Waals surface area contributed by atoms with Crippen molar-refractivity contribution in [3.05, 3.63) is 162 Å². The zero-order valence-corrected chi connectivity index (χ0v) is 21.6. The number of oxazole rings is 1. The largest absolute Gasteiger partial charge is 0.436 e. The average Bonchev–Trinajstić information content (AvgIpc) is 3.68. The molecule has 7 aromatic rings. The van der Waals surface area contributed by atoms with Crippen LogP contribution in [0.4, 0.5) is 0 Å². The third kappa shape index (κ3) is 2.75. The van der Waals surface area contributed by atoms with Gasteiger partial charge in [-0.25, -0.2) is 4.98 Å². The van der Waals surface area contributed by atoms with Gasteiger partial charge in [0, 0.05) is 5.56 Å². The van der Waals surface area contributed by atoms with Gasteiger partial charge in [-0.05, 0) is 86.0 Å². The van der Waals surface area contributed by atoms with E-state index < -0.39 is 0 Å². The molecule has 1 aromatic heterocycles. The molecule has 0 amide bonds. The highest BCUT2D eigenvalue weighted by atomic mass is 16.3. The molecule has 40 heavy (non-hydrogen) atoms. The predicted molar refractivity (Wildman–Crippen MR) is 161 cm³/mol. The Morgan fingerprint density at radius 3 is 1.57 bits per heavy atom. The average molecular weight is 510 g/mol. The summed E-state index contributed by atoms with van der Waals surface area (Å²) in [4.78, 5) is 4.67. The Kier molecular flexibility index (Phi) is 4.29. The zero-order valence-electron chi connectivity index (χ0n) is 21.6. The number of para-hydroxylation sites is 2. The number of aromatic nitrogens is 1. The molecule has 2 heteroatoms. The second-order valence-corrected chi connectivity index (χ2v) is 10.7. The van der Waals surface area contributed by atoms with Crippen LogP contribution in [0.15, 0.2) is 144 Å². The molecule has 0 saturated carbocycles. The Morgan fingerprint density at radius 1 is 0.425 bits per heavy atom. The van der Waals surface area contributed by atoms with Crippen molar-refractivity contribution >= 4 is 11.1 Å². The fourth-order valence-corrected chi connectivity index (χ4v) is 7.08. The van der Waals surface area contributed by atoms with Gasteiger partial charge in [-0.2, -0.15) is 0 Å². The molecule has 0 N–H and O–H groups in total. The number of fused-ring (bicyclic) bond motifs is 11. The van der Waals surface area contributed by atoms with Gasteiger partial charge >= 0.3 is 0 Å². The van der Waals surface area contributed by atoms with Gasteiger partial charge in [0.1, 0.15) is 5.52 Å². The quantitative estimate of drug-likeness (QED) is 0.232. The van der Waals surface area contributed by atoms with Crippen LogP contribution in [0, 0.1) is 0 Å². The third-order valence-electron chi connectivity index (χ3n) is 8.76. The molecule has 1 spiro atoms. The Balaban J connectivity index is 1.21. The van der Waals surface area contributed by atoms with Crippen LogP contribution in [0.1, 0.15) is 22.3 Å². The van der Waals surface area contributed by atoms with E-state index in [-0.39, 0.29) is 5.41 Å². The van der Waals surface area contributed by atoms with E-state index in [1.165, 1.54) is 55.6 Å². The third-order valence-corrected chi connectivity index (χ3v) is 8.76. The van der Waals surface area contributed by atoms with E-state index in [4.69, 9.17) is 4.42 Å². The van der Waals surface area contributed by atoms with Crippen molar-refractivity contribution < 1.29 is 4.42 Å². The maximum Gasteiger partial charge on any atom is 0.227 e. The first-order valence-corrected chi connectivity index (χ1v) is 13.7. The Morgan fingerprint density at radius 2 is 0.925 bits per heavy atom. The highest BCUT2D eigenvalue weighted by Crippen LogP contribution is 2.62. The Hall–Kier alpha value is -5.21. The summed E-state index contributed by atoms with van der Waals surface area (Å²) in [5.74, 6) is 0.649. The van der Waals surface area contributed by atoms with E-state index in [0.29, 0.717) is 5.89 Å². The zero-order chi connectivity index (χ0) is 26.3. The van der Waals surface area contributed by atoms with E-state index in [2.05, 4.69) is 120 Å². The molecule has 0 bridgehead atoms. The summed E-state index contributed by atoms with van der Waals surface area (Å²) in [6, 6.07) is 50.3. The van der Waals surface area contributed by atoms with E-state index in [9.17, 15) is 0 Å². The molecule has 2 aliphatic rings. The first kappa shape index (κ1) is 21.7.